The predicted molar refractivity (Wildman–Crippen MR) is 72.2 cm³/mol. The minimum atomic E-state index is -0.544. The van der Waals surface area contributed by atoms with E-state index in [9.17, 15) is 9.18 Å². The number of carbonyl (C=O) groups excluding carboxylic acids is 1. The van der Waals surface area contributed by atoms with Crippen LogP contribution in [-0.4, -0.2) is 12.9 Å². The van der Waals surface area contributed by atoms with E-state index in [4.69, 9.17) is 4.74 Å². The Morgan fingerprint density at radius 2 is 1.95 bits per heavy atom. The van der Waals surface area contributed by atoms with Crippen LogP contribution in [0.25, 0.3) is 0 Å². The highest BCUT2D eigenvalue weighted by Gasteiger charge is 2.14. The van der Waals surface area contributed by atoms with Crippen LogP contribution in [0.3, 0.4) is 0 Å². The Morgan fingerprint density at radius 1 is 1.21 bits per heavy atom. The van der Waals surface area contributed by atoms with Gasteiger partial charge in [0.1, 0.15) is 11.6 Å². The summed E-state index contributed by atoms with van der Waals surface area (Å²) < 4.78 is 18.7. The minimum Gasteiger partial charge on any atom is -0.497 e. The molecule has 0 bridgehead atoms. The molecule has 0 aromatic heterocycles. The van der Waals surface area contributed by atoms with Gasteiger partial charge in [-0.25, -0.2) is 4.39 Å². The summed E-state index contributed by atoms with van der Waals surface area (Å²) in [6, 6.07) is 11.9. The highest BCUT2D eigenvalue weighted by atomic mass is 19.1. The van der Waals surface area contributed by atoms with E-state index in [1.54, 1.807) is 6.07 Å². The summed E-state index contributed by atoms with van der Waals surface area (Å²) in [7, 11) is 1.46. The number of hydrogen-bond acceptors (Lipinski definition) is 2. The summed E-state index contributed by atoms with van der Waals surface area (Å²) >= 11 is 0. The minimum absolute atomic E-state index is 0.101. The standard InChI is InChI=1S/C16H15FO2/c1-11-5-3-4-6-12(11)9-16(18)14-8-7-13(19-2)10-15(14)17/h3-8,10H,9H2,1-2H3. The van der Waals surface area contributed by atoms with E-state index >= 15 is 0 Å². The topological polar surface area (TPSA) is 26.3 Å². The van der Waals surface area contributed by atoms with Crippen molar-refractivity contribution in [3.05, 3.63) is 65.0 Å². The molecular weight excluding hydrogens is 243 g/mol. The number of Topliss-reactive ketones (excluding diaryl/α,β-unsaturated/α-hetero) is 1. The zero-order valence-electron chi connectivity index (χ0n) is 10.9. The van der Waals surface area contributed by atoms with Crippen molar-refractivity contribution in [1.29, 1.82) is 0 Å². The maximum atomic E-state index is 13.8. The molecule has 0 amide bonds. The number of rotatable bonds is 4. The Hall–Kier alpha value is -2.16. The lowest BCUT2D eigenvalue weighted by molar-refractivity contribution is 0.0989. The Labute approximate surface area is 111 Å². The fraction of sp³-hybridized carbons (Fsp3) is 0.188. The lowest BCUT2D eigenvalue weighted by atomic mass is 9.99. The first-order valence-electron chi connectivity index (χ1n) is 6.03. The maximum Gasteiger partial charge on any atom is 0.170 e. The Balaban J connectivity index is 2.23. The monoisotopic (exact) mass is 258 g/mol. The molecule has 0 heterocycles. The molecule has 0 spiro atoms. The van der Waals surface area contributed by atoms with Crippen LogP contribution in [0.15, 0.2) is 42.5 Å². The number of aryl methyl sites for hydroxylation is 1. The Bertz CT molecular complexity index is 605. The van der Waals surface area contributed by atoms with E-state index in [1.807, 2.05) is 31.2 Å². The SMILES string of the molecule is COc1ccc(C(=O)Cc2ccccc2C)c(F)c1. The van der Waals surface area contributed by atoms with E-state index in [-0.39, 0.29) is 17.8 Å². The first kappa shape index (κ1) is 13.3. The van der Waals surface area contributed by atoms with Crippen molar-refractivity contribution in [3.63, 3.8) is 0 Å². The van der Waals surface area contributed by atoms with E-state index in [1.165, 1.54) is 19.2 Å². The molecule has 0 aliphatic rings. The van der Waals surface area contributed by atoms with E-state index in [0.717, 1.165) is 11.1 Å². The molecule has 3 heteroatoms. The van der Waals surface area contributed by atoms with Crippen LogP contribution < -0.4 is 4.74 Å². The second kappa shape index (κ2) is 5.65. The molecule has 0 radical (unpaired) electrons. The van der Waals surface area contributed by atoms with Crippen molar-refractivity contribution in [3.8, 4) is 5.75 Å². The van der Waals surface area contributed by atoms with Crippen molar-refractivity contribution in [2.24, 2.45) is 0 Å². The second-order valence-corrected chi connectivity index (χ2v) is 4.37. The smallest absolute Gasteiger partial charge is 0.170 e. The predicted octanol–water partition coefficient (Wildman–Crippen LogP) is 3.57. The molecule has 2 nitrogen and oxygen atoms in total. The summed E-state index contributed by atoms with van der Waals surface area (Å²) in [5.74, 6) is -0.364. The number of carbonyl (C=O) groups is 1. The lowest BCUT2D eigenvalue weighted by Crippen LogP contribution is -2.07. The largest absolute Gasteiger partial charge is 0.497 e. The molecule has 0 aliphatic heterocycles. The van der Waals surface area contributed by atoms with Crippen molar-refractivity contribution in [2.75, 3.05) is 7.11 Å². The normalized spacial score (nSPS) is 10.3. The molecule has 0 aliphatic carbocycles. The molecule has 0 unspecified atom stereocenters. The van der Waals surface area contributed by atoms with Gasteiger partial charge in [-0.2, -0.15) is 0 Å². The van der Waals surface area contributed by atoms with Crippen molar-refractivity contribution >= 4 is 5.78 Å². The quantitative estimate of drug-likeness (QED) is 0.784. The molecule has 2 aromatic carbocycles. The summed E-state index contributed by atoms with van der Waals surface area (Å²) in [5, 5.41) is 0. The Kier molecular flexibility index (Phi) is 3.95. The highest BCUT2D eigenvalue weighted by molar-refractivity contribution is 5.98. The van der Waals surface area contributed by atoms with Gasteiger partial charge < -0.3 is 4.74 Å². The van der Waals surface area contributed by atoms with Gasteiger partial charge in [-0.15, -0.1) is 0 Å². The van der Waals surface area contributed by atoms with Crippen molar-refractivity contribution in [1.82, 2.24) is 0 Å². The van der Waals surface area contributed by atoms with Crippen LogP contribution in [0.1, 0.15) is 21.5 Å². The van der Waals surface area contributed by atoms with E-state index in [0.29, 0.717) is 5.75 Å². The third kappa shape index (κ3) is 2.99. The number of ketones is 1. The van der Waals surface area contributed by atoms with Gasteiger partial charge in [-0.05, 0) is 30.2 Å². The highest BCUT2D eigenvalue weighted by Crippen LogP contribution is 2.19. The van der Waals surface area contributed by atoms with Gasteiger partial charge in [0, 0.05) is 12.5 Å². The van der Waals surface area contributed by atoms with Gasteiger partial charge in [-0.3, -0.25) is 4.79 Å². The third-order valence-corrected chi connectivity index (χ3v) is 3.09. The van der Waals surface area contributed by atoms with Crippen LogP contribution in [0.4, 0.5) is 4.39 Å². The number of benzene rings is 2. The van der Waals surface area contributed by atoms with Gasteiger partial charge in [0.2, 0.25) is 0 Å². The molecule has 2 rings (SSSR count). The van der Waals surface area contributed by atoms with Crippen LogP contribution >= 0.6 is 0 Å². The first-order valence-corrected chi connectivity index (χ1v) is 6.03. The van der Waals surface area contributed by atoms with Crippen LogP contribution in [0.5, 0.6) is 5.75 Å². The van der Waals surface area contributed by atoms with Crippen molar-refractivity contribution < 1.29 is 13.9 Å². The van der Waals surface area contributed by atoms with Crippen LogP contribution in [0, 0.1) is 12.7 Å². The van der Waals surface area contributed by atoms with E-state index < -0.39 is 5.82 Å². The third-order valence-electron chi connectivity index (χ3n) is 3.09. The maximum absolute atomic E-state index is 13.8. The van der Waals surface area contributed by atoms with Crippen LogP contribution in [-0.2, 0) is 6.42 Å². The van der Waals surface area contributed by atoms with E-state index in [2.05, 4.69) is 0 Å². The second-order valence-electron chi connectivity index (χ2n) is 4.37. The average Bonchev–Trinajstić information content (AvgIpc) is 2.41. The molecule has 0 N–H and O–H groups in total. The number of methoxy groups -OCH3 is 1. The molecule has 98 valence electrons. The number of hydrogen-bond donors (Lipinski definition) is 0. The average molecular weight is 258 g/mol. The molecule has 2 aromatic rings. The summed E-state index contributed by atoms with van der Waals surface area (Å²) in [4.78, 5) is 12.1. The number of ether oxygens (including phenoxy) is 1. The zero-order chi connectivity index (χ0) is 13.8. The molecule has 0 atom stereocenters. The summed E-state index contributed by atoms with van der Waals surface area (Å²) in [5.41, 5.74) is 2.05. The fourth-order valence-corrected chi connectivity index (χ4v) is 1.93. The lowest BCUT2D eigenvalue weighted by Gasteiger charge is -2.07. The molecule has 0 fully saturated rings. The molecule has 19 heavy (non-hydrogen) atoms. The van der Waals surface area contributed by atoms with Gasteiger partial charge in [-0.1, -0.05) is 24.3 Å². The zero-order valence-corrected chi connectivity index (χ0v) is 10.9. The van der Waals surface area contributed by atoms with Gasteiger partial charge in [0.25, 0.3) is 0 Å². The van der Waals surface area contributed by atoms with Crippen molar-refractivity contribution in [2.45, 2.75) is 13.3 Å². The first-order chi connectivity index (χ1) is 9.11. The fourth-order valence-electron chi connectivity index (χ4n) is 1.93. The van der Waals surface area contributed by atoms with Gasteiger partial charge in [0.15, 0.2) is 5.78 Å². The summed E-state index contributed by atoms with van der Waals surface area (Å²) in [6.45, 7) is 1.94. The molecular formula is C16H15FO2. The number of halogens is 1. The van der Waals surface area contributed by atoms with Gasteiger partial charge >= 0.3 is 0 Å². The molecule has 0 saturated heterocycles. The van der Waals surface area contributed by atoms with Crippen LogP contribution in [0.2, 0.25) is 0 Å². The molecule has 0 saturated carbocycles. The van der Waals surface area contributed by atoms with Gasteiger partial charge in [0.05, 0.1) is 12.7 Å². The Morgan fingerprint density at radius 3 is 2.58 bits per heavy atom. The summed E-state index contributed by atoms with van der Waals surface area (Å²) in [6.07, 6.45) is 0.204.